The van der Waals surface area contributed by atoms with Gasteiger partial charge in [-0.25, -0.2) is 0 Å². The average molecular weight is 426 g/mol. The van der Waals surface area contributed by atoms with E-state index in [1.54, 1.807) is 24.3 Å². The number of carbonyl (C=O) groups excluding carboxylic acids is 2. The van der Waals surface area contributed by atoms with Gasteiger partial charge in [0.05, 0.1) is 13.2 Å². The number of hydrogen-bond donors (Lipinski definition) is 3. The van der Waals surface area contributed by atoms with Crippen LogP contribution in [-0.2, 0) is 9.59 Å². The highest BCUT2D eigenvalue weighted by Crippen LogP contribution is 2.18. The van der Waals surface area contributed by atoms with Crippen molar-refractivity contribution in [3.63, 3.8) is 0 Å². The van der Waals surface area contributed by atoms with Gasteiger partial charge in [0.1, 0.15) is 5.75 Å². The molecule has 168 valence electrons. The summed E-state index contributed by atoms with van der Waals surface area (Å²) in [5.41, 5.74) is 2.22. The van der Waals surface area contributed by atoms with E-state index in [-0.39, 0.29) is 24.3 Å². The fourth-order valence-electron chi connectivity index (χ4n) is 2.90. The number of nitrogens with one attached hydrogen (secondary N) is 3. The van der Waals surface area contributed by atoms with Gasteiger partial charge in [-0.3, -0.25) is 9.59 Å². The second kappa shape index (κ2) is 13.3. The van der Waals surface area contributed by atoms with Gasteiger partial charge in [-0.05, 0) is 42.8 Å². The Morgan fingerprint density at radius 1 is 0.871 bits per heavy atom. The van der Waals surface area contributed by atoms with Gasteiger partial charge in [-0.2, -0.15) is 0 Å². The normalized spacial score (nSPS) is 10.6. The van der Waals surface area contributed by atoms with E-state index < -0.39 is 0 Å². The zero-order valence-electron chi connectivity index (χ0n) is 18.9. The SMILES string of the molecule is CCCCCCCOc1cccc(NCC(=O)Nc2ccc(NC(=O)C(C)C)cc2)c1. The largest absolute Gasteiger partial charge is 0.494 e. The van der Waals surface area contributed by atoms with Crippen molar-refractivity contribution >= 4 is 28.9 Å². The number of unbranched alkanes of at least 4 members (excludes halogenated alkanes) is 4. The van der Waals surface area contributed by atoms with Gasteiger partial charge < -0.3 is 20.7 Å². The van der Waals surface area contributed by atoms with Gasteiger partial charge in [0.15, 0.2) is 0 Å². The van der Waals surface area contributed by atoms with Crippen molar-refractivity contribution < 1.29 is 14.3 Å². The van der Waals surface area contributed by atoms with Crippen LogP contribution >= 0.6 is 0 Å². The van der Waals surface area contributed by atoms with E-state index >= 15 is 0 Å². The highest BCUT2D eigenvalue weighted by atomic mass is 16.5. The molecule has 0 aromatic heterocycles. The number of rotatable bonds is 13. The van der Waals surface area contributed by atoms with Crippen LogP contribution in [0.5, 0.6) is 5.75 Å². The van der Waals surface area contributed by atoms with Crippen molar-refractivity contribution in [2.45, 2.75) is 52.9 Å². The van der Waals surface area contributed by atoms with E-state index in [2.05, 4.69) is 22.9 Å². The maximum absolute atomic E-state index is 12.2. The van der Waals surface area contributed by atoms with Crippen molar-refractivity contribution in [1.29, 1.82) is 0 Å². The first-order valence-electron chi connectivity index (χ1n) is 11.2. The van der Waals surface area contributed by atoms with Gasteiger partial charge in [0, 0.05) is 29.0 Å². The molecule has 0 heterocycles. The van der Waals surface area contributed by atoms with Crippen LogP contribution in [0.15, 0.2) is 48.5 Å². The van der Waals surface area contributed by atoms with Crippen LogP contribution in [0, 0.1) is 5.92 Å². The van der Waals surface area contributed by atoms with Crippen LogP contribution in [-0.4, -0.2) is 25.0 Å². The minimum Gasteiger partial charge on any atom is -0.494 e. The first kappa shape index (κ1) is 24.3. The van der Waals surface area contributed by atoms with E-state index in [0.29, 0.717) is 18.0 Å². The Morgan fingerprint density at radius 3 is 2.23 bits per heavy atom. The monoisotopic (exact) mass is 425 g/mol. The lowest BCUT2D eigenvalue weighted by atomic mass is 10.2. The molecule has 6 nitrogen and oxygen atoms in total. The third kappa shape index (κ3) is 9.55. The Kier molecular flexibility index (Phi) is 10.4. The minimum atomic E-state index is -0.152. The van der Waals surface area contributed by atoms with Gasteiger partial charge in [0.25, 0.3) is 0 Å². The topological polar surface area (TPSA) is 79.5 Å². The Balaban J connectivity index is 1.74. The predicted octanol–water partition coefficient (Wildman–Crippen LogP) is 5.68. The van der Waals surface area contributed by atoms with Crippen LogP contribution in [0.2, 0.25) is 0 Å². The molecule has 2 aromatic carbocycles. The second-order valence-corrected chi connectivity index (χ2v) is 7.91. The zero-order valence-corrected chi connectivity index (χ0v) is 18.9. The van der Waals surface area contributed by atoms with E-state index in [4.69, 9.17) is 4.74 Å². The third-order valence-electron chi connectivity index (χ3n) is 4.76. The summed E-state index contributed by atoms with van der Waals surface area (Å²) in [6.45, 7) is 6.74. The molecule has 0 fully saturated rings. The number of amides is 2. The average Bonchev–Trinajstić information content (AvgIpc) is 2.76. The summed E-state index contributed by atoms with van der Waals surface area (Å²) < 4.78 is 5.81. The van der Waals surface area contributed by atoms with Gasteiger partial charge in [-0.15, -0.1) is 0 Å². The maximum Gasteiger partial charge on any atom is 0.243 e. The molecule has 31 heavy (non-hydrogen) atoms. The molecule has 0 aliphatic rings. The molecule has 2 rings (SSSR count). The Morgan fingerprint density at radius 2 is 1.55 bits per heavy atom. The number of carbonyl (C=O) groups is 2. The van der Waals surface area contributed by atoms with Crippen molar-refractivity contribution in [3.05, 3.63) is 48.5 Å². The first-order chi connectivity index (χ1) is 15.0. The summed E-state index contributed by atoms with van der Waals surface area (Å²) in [5, 5.41) is 8.79. The third-order valence-corrected chi connectivity index (χ3v) is 4.76. The second-order valence-electron chi connectivity index (χ2n) is 7.91. The number of hydrogen-bond acceptors (Lipinski definition) is 4. The molecule has 6 heteroatoms. The van der Waals surface area contributed by atoms with Crippen LogP contribution in [0.4, 0.5) is 17.1 Å². The van der Waals surface area contributed by atoms with E-state index in [0.717, 1.165) is 17.9 Å². The summed E-state index contributed by atoms with van der Waals surface area (Å²) >= 11 is 0. The lowest BCUT2D eigenvalue weighted by Crippen LogP contribution is -2.21. The van der Waals surface area contributed by atoms with Crippen LogP contribution < -0.4 is 20.7 Å². The quantitative estimate of drug-likeness (QED) is 0.361. The minimum absolute atomic E-state index is 0.0383. The molecule has 0 atom stereocenters. The molecule has 2 aromatic rings. The molecule has 0 spiro atoms. The molecule has 0 unspecified atom stereocenters. The van der Waals surface area contributed by atoms with E-state index in [1.165, 1.54) is 25.7 Å². The molecule has 0 bridgehead atoms. The first-order valence-corrected chi connectivity index (χ1v) is 11.2. The van der Waals surface area contributed by atoms with Gasteiger partial charge in [-0.1, -0.05) is 52.5 Å². The summed E-state index contributed by atoms with van der Waals surface area (Å²) in [5.74, 6) is 0.532. The number of anilines is 3. The van der Waals surface area contributed by atoms with Crippen molar-refractivity contribution in [2.24, 2.45) is 5.92 Å². The molecular weight excluding hydrogens is 390 g/mol. The fourth-order valence-corrected chi connectivity index (χ4v) is 2.90. The molecule has 0 radical (unpaired) electrons. The lowest BCUT2D eigenvalue weighted by Gasteiger charge is -2.11. The summed E-state index contributed by atoms with van der Waals surface area (Å²) in [7, 11) is 0. The molecule has 0 saturated carbocycles. The van der Waals surface area contributed by atoms with E-state index in [9.17, 15) is 9.59 Å². The molecule has 2 amide bonds. The Labute approximate surface area is 185 Å². The molecule has 0 saturated heterocycles. The van der Waals surface area contributed by atoms with Crippen LogP contribution in [0.3, 0.4) is 0 Å². The maximum atomic E-state index is 12.2. The lowest BCUT2D eigenvalue weighted by molar-refractivity contribution is -0.119. The predicted molar refractivity (Wildman–Crippen MR) is 128 cm³/mol. The summed E-state index contributed by atoms with van der Waals surface area (Å²) in [6.07, 6.45) is 6.02. The fraction of sp³-hybridized carbons (Fsp3) is 0.440. The van der Waals surface area contributed by atoms with Crippen molar-refractivity contribution in [2.75, 3.05) is 29.1 Å². The summed E-state index contributed by atoms with van der Waals surface area (Å²) in [4.78, 5) is 24.0. The number of ether oxygens (including phenoxy) is 1. The molecule has 0 aliphatic heterocycles. The van der Waals surface area contributed by atoms with Crippen molar-refractivity contribution in [1.82, 2.24) is 0 Å². The van der Waals surface area contributed by atoms with Crippen LogP contribution in [0.25, 0.3) is 0 Å². The molecule has 3 N–H and O–H groups in total. The van der Waals surface area contributed by atoms with Crippen LogP contribution in [0.1, 0.15) is 52.9 Å². The van der Waals surface area contributed by atoms with Gasteiger partial charge >= 0.3 is 0 Å². The standard InChI is InChI=1S/C25H35N3O3/c1-4-5-6-7-8-16-31-23-11-9-10-22(17-23)26-18-24(29)27-20-12-14-21(15-13-20)28-25(30)19(2)3/h9-15,17,19,26H,4-8,16,18H2,1-3H3,(H,27,29)(H,28,30). The summed E-state index contributed by atoms with van der Waals surface area (Å²) in [6, 6.07) is 14.7. The smallest absolute Gasteiger partial charge is 0.243 e. The highest BCUT2D eigenvalue weighted by Gasteiger charge is 2.07. The van der Waals surface area contributed by atoms with Crippen molar-refractivity contribution in [3.8, 4) is 5.75 Å². The molecular formula is C25H35N3O3. The highest BCUT2D eigenvalue weighted by molar-refractivity contribution is 5.95. The van der Waals surface area contributed by atoms with Gasteiger partial charge in [0.2, 0.25) is 11.8 Å². The zero-order chi connectivity index (χ0) is 22.5. The van der Waals surface area contributed by atoms with E-state index in [1.807, 2.05) is 38.1 Å². The Hall–Kier alpha value is -3.02. The molecule has 0 aliphatic carbocycles. The number of benzene rings is 2. The Bertz CT molecular complexity index is 819.